The maximum Gasteiger partial charge on any atom is 0.466 e. The molecular formula is C30H60N3O10P. The van der Waals surface area contributed by atoms with E-state index in [4.69, 9.17) is 33.8 Å². The molecule has 0 heterocycles. The molecule has 44 heavy (non-hydrogen) atoms. The zero-order valence-corrected chi connectivity index (χ0v) is 29.3. The molecule has 0 aliphatic carbocycles. The second kappa shape index (κ2) is 35.1. The highest BCUT2D eigenvalue weighted by Gasteiger charge is 2.08. The number of nitrogens with zero attached hydrogens (tertiary/aromatic N) is 3. The van der Waals surface area contributed by atoms with Crippen LogP contribution in [0.15, 0.2) is 36.5 Å². The number of hydroxylamine groups is 6. The van der Waals surface area contributed by atoms with Crippen LogP contribution >= 0.6 is 7.82 Å². The molecule has 3 N–H and O–H groups in total. The molecule has 13 nitrogen and oxygen atoms in total. The van der Waals surface area contributed by atoms with E-state index in [0.717, 1.165) is 77.8 Å². The summed E-state index contributed by atoms with van der Waals surface area (Å²) in [4.78, 5) is 70.0. The van der Waals surface area contributed by atoms with Gasteiger partial charge < -0.3 is 29.2 Å². The average molecular weight is 654 g/mol. The lowest BCUT2D eigenvalue weighted by Crippen LogP contribution is -2.28. The summed E-state index contributed by atoms with van der Waals surface area (Å²) in [5.41, 5.74) is 0. The Morgan fingerprint density at radius 1 is 0.500 bits per heavy atom. The zero-order chi connectivity index (χ0) is 34.8. The second-order valence-electron chi connectivity index (χ2n) is 9.03. The highest BCUT2D eigenvalue weighted by atomic mass is 31.2. The number of hydrogen-bond acceptors (Lipinski definition) is 10. The summed E-state index contributed by atoms with van der Waals surface area (Å²) in [6.45, 7) is 22.6. The van der Waals surface area contributed by atoms with Crippen molar-refractivity contribution in [2.75, 3.05) is 39.3 Å². The number of carbonyl (C=O) groups excluding carboxylic acids is 3. The van der Waals surface area contributed by atoms with Crippen molar-refractivity contribution in [2.45, 2.75) is 101 Å². The van der Waals surface area contributed by atoms with Gasteiger partial charge in [-0.15, -0.1) is 15.2 Å². The summed E-state index contributed by atoms with van der Waals surface area (Å²) in [7, 11) is -4.64. The summed E-state index contributed by atoms with van der Waals surface area (Å²) >= 11 is 0. The van der Waals surface area contributed by atoms with Gasteiger partial charge in [-0.2, -0.15) is 0 Å². The maximum absolute atomic E-state index is 11.1. The van der Waals surface area contributed by atoms with E-state index in [1.165, 1.54) is 18.2 Å². The summed E-state index contributed by atoms with van der Waals surface area (Å²) in [5, 5.41) is 5.13. The molecule has 0 rings (SSSR count). The fraction of sp³-hybridized carbons (Fsp3) is 0.700. The van der Waals surface area contributed by atoms with Crippen molar-refractivity contribution in [3.63, 3.8) is 0 Å². The minimum Gasteiger partial charge on any atom is -0.364 e. The lowest BCUT2D eigenvalue weighted by Gasteiger charge is -2.18. The van der Waals surface area contributed by atoms with Crippen molar-refractivity contribution in [3.05, 3.63) is 36.5 Å². The van der Waals surface area contributed by atoms with E-state index in [0.29, 0.717) is 0 Å². The Balaban J connectivity index is -0.000000253. The molecule has 0 radical (unpaired) electrons. The predicted octanol–water partition coefficient (Wildman–Crippen LogP) is 5.50. The monoisotopic (exact) mass is 653 g/mol. The minimum absolute atomic E-state index is 0.288. The fourth-order valence-electron chi connectivity index (χ4n) is 2.99. The fourth-order valence-corrected chi connectivity index (χ4v) is 2.99. The standard InChI is InChI=1S/3C10H19NO2.H3O4P/c3*1-4-7-10(12)13-11(8-5-2)9-6-3;1-5(2,3)4/h3*4,7H,5-6,8-9H2,1-3H3;(H3,1,2,3,4). The van der Waals surface area contributed by atoms with E-state index < -0.39 is 7.82 Å². The topological polar surface area (TPSA) is 166 Å². The van der Waals surface area contributed by atoms with Crippen molar-refractivity contribution >= 4 is 25.7 Å². The van der Waals surface area contributed by atoms with Gasteiger partial charge in [0, 0.05) is 57.5 Å². The van der Waals surface area contributed by atoms with Gasteiger partial charge in [0.25, 0.3) is 0 Å². The quantitative estimate of drug-likeness (QED) is 0.0965. The average Bonchev–Trinajstić information content (AvgIpc) is 2.90. The molecule has 0 fully saturated rings. The molecule has 0 aromatic carbocycles. The Kier molecular flexibility index (Phi) is 38.7. The molecule has 0 saturated carbocycles. The van der Waals surface area contributed by atoms with E-state index in [2.05, 4.69) is 41.5 Å². The zero-order valence-electron chi connectivity index (χ0n) is 28.4. The van der Waals surface area contributed by atoms with Gasteiger partial charge in [0.15, 0.2) is 0 Å². The maximum atomic E-state index is 11.1. The molecule has 0 saturated heterocycles. The molecule has 14 heteroatoms. The lowest BCUT2D eigenvalue weighted by molar-refractivity contribution is -0.185. The molecule has 0 unspecified atom stereocenters. The van der Waals surface area contributed by atoms with Crippen LogP contribution in [-0.4, -0.2) is 87.0 Å². The van der Waals surface area contributed by atoms with Crippen molar-refractivity contribution < 1.29 is 48.1 Å². The van der Waals surface area contributed by atoms with Gasteiger partial charge in [-0.25, -0.2) is 18.9 Å². The van der Waals surface area contributed by atoms with Crippen molar-refractivity contribution in [1.82, 2.24) is 15.2 Å². The molecule has 260 valence electrons. The normalized spacial score (nSPS) is 11.2. The van der Waals surface area contributed by atoms with Crippen LogP contribution < -0.4 is 0 Å². The third-order valence-corrected chi connectivity index (χ3v) is 4.40. The van der Waals surface area contributed by atoms with Gasteiger partial charge in [0.2, 0.25) is 0 Å². The molecule has 0 aliphatic heterocycles. The van der Waals surface area contributed by atoms with Gasteiger partial charge in [-0.05, 0) is 59.3 Å². The first-order chi connectivity index (χ1) is 20.7. The summed E-state index contributed by atoms with van der Waals surface area (Å²) < 4.78 is 8.88. The van der Waals surface area contributed by atoms with Crippen LogP contribution in [0.5, 0.6) is 0 Å². The molecule has 0 atom stereocenters. The van der Waals surface area contributed by atoms with E-state index in [1.807, 2.05) is 0 Å². The highest BCUT2D eigenvalue weighted by molar-refractivity contribution is 7.45. The number of rotatable bonds is 18. The Bertz CT molecular complexity index is 715. The molecule has 0 bridgehead atoms. The SMILES string of the molecule is CC=CC(=O)ON(CCC)CCC.CC=CC(=O)ON(CCC)CCC.CC=CC(=O)ON(CCC)CCC.O=P(O)(O)O. The Labute approximate surface area is 265 Å². The number of phosphoric acid groups is 1. The van der Waals surface area contributed by atoms with E-state index in [-0.39, 0.29) is 17.9 Å². The van der Waals surface area contributed by atoms with Crippen LogP contribution in [0.1, 0.15) is 101 Å². The van der Waals surface area contributed by atoms with Crippen LogP contribution in [0.3, 0.4) is 0 Å². The lowest BCUT2D eigenvalue weighted by atomic mass is 10.4. The third-order valence-electron chi connectivity index (χ3n) is 4.40. The van der Waals surface area contributed by atoms with Crippen LogP contribution in [0.4, 0.5) is 0 Å². The third kappa shape index (κ3) is 44.1. The van der Waals surface area contributed by atoms with Crippen molar-refractivity contribution in [1.29, 1.82) is 0 Å². The largest absolute Gasteiger partial charge is 0.466 e. The van der Waals surface area contributed by atoms with Gasteiger partial charge >= 0.3 is 25.7 Å². The van der Waals surface area contributed by atoms with Gasteiger partial charge in [0.1, 0.15) is 0 Å². The molecule has 0 aliphatic rings. The second-order valence-corrected chi connectivity index (χ2v) is 10.1. The number of hydrogen-bond donors (Lipinski definition) is 3. The van der Waals surface area contributed by atoms with Crippen LogP contribution in [0, 0.1) is 0 Å². The molecular weight excluding hydrogens is 593 g/mol. The van der Waals surface area contributed by atoms with Gasteiger partial charge in [-0.1, -0.05) is 59.8 Å². The molecule has 0 amide bonds. The van der Waals surface area contributed by atoms with Gasteiger partial charge in [0.05, 0.1) is 0 Å². The van der Waals surface area contributed by atoms with Gasteiger partial charge in [-0.3, -0.25) is 0 Å². The summed E-state index contributed by atoms with van der Waals surface area (Å²) in [5.74, 6) is -0.863. The summed E-state index contributed by atoms with van der Waals surface area (Å²) in [6, 6.07) is 0. The number of carbonyl (C=O) groups is 3. The molecule has 0 aromatic rings. The first-order valence-electron chi connectivity index (χ1n) is 15.3. The first-order valence-corrected chi connectivity index (χ1v) is 16.9. The van der Waals surface area contributed by atoms with E-state index >= 15 is 0 Å². The predicted molar refractivity (Wildman–Crippen MR) is 173 cm³/mol. The smallest absolute Gasteiger partial charge is 0.364 e. The van der Waals surface area contributed by atoms with Crippen LogP contribution in [0.2, 0.25) is 0 Å². The minimum atomic E-state index is -4.64. The van der Waals surface area contributed by atoms with E-state index in [1.54, 1.807) is 54.2 Å². The molecule has 0 aromatic heterocycles. The first kappa shape index (κ1) is 48.5. The Hall–Kier alpha value is -2.38. The van der Waals surface area contributed by atoms with Crippen molar-refractivity contribution in [2.24, 2.45) is 0 Å². The van der Waals surface area contributed by atoms with E-state index in [9.17, 15) is 14.4 Å². The highest BCUT2D eigenvalue weighted by Crippen LogP contribution is 2.25. The van der Waals surface area contributed by atoms with Crippen LogP contribution in [0.25, 0.3) is 0 Å². The Morgan fingerprint density at radius 2 is 0.659 bits per heavy atom. The van der Waals surface area contributed by atoms with Crippen LogP contribution in [-0.2, 0) is 33.5 Å². The Morgan fingerprint density at radius 3 is 0.773 bits per heavy atom. The summed E-state index contributed by atoms with van der Waals surface area (Å²) in [6.07, 6.45) is 15.3. The van der Waals surface area contributed by atoms with Crippen molar-refractivity contribution in [3.8, 4) is 0 Å². The molecule has 0 spiro atoms. The number of allylic oxidation sites excluding steroid dienone is 3.